The summed E-state index contributed by atoms with van der Waals surface area (Å²) in [5.74, 6) is 0.0435. The topological polar surface area (TPSA) is 68.0 Å². The molecular weight excluding hydrogens is 214 g/mol. The summed E-state index contributed by atoms with van der Waals surface area (Å²) >= 11 is 0. The minimum Gasteiger partial charge on any atom is -0.397 e. The van der Waals surface area contributed by atoms with Crippen molar-refractivity contribution in [2.45, 2.75) is 32.6 Å². The first-order chi connectivity index (χ1) is 8.13. The molecular formula is C13H19N3O. The molecule has 3 N–H and O–H groups in total. The van der Waals surface area contributed by atoms with E-state index in [1.54, 1.807) is 18.3 Å². The predicted molar refractivity (Wildman–Crippen MR) is 67.3 cm³/mol. The molecule has 0 unspecified atom stereocenters. The molecule has 17 heavy (non-hydrogen) atoms. The molecule has 1 heterocycles. The number of nitrogens with one attached hydrogen (secondary N) is 1. The molecule has 0 radical (unpaired) electrons. The van der Waals surface area contributed by atoms with E-state index in [2.05, 4.69) is 17.2 Å². The molecule has 92 valence electrons. The van der Waals surface area contributed by atoms with Crippen LogP contribution in [-0.2, 0) is 11.2 Å². The lowest BCUT2D eigenvalue weighted by atomic mass is 10.0. The molecule has 0 bridgehead atoms. The fourth-order valence-corrected chi connectivity index (χ4v) is 1.89. The van der Waals surface area contributed by atoms with Gasteiger partial charge in [-0.1, -0.05) is 6.92 Å². The monoisotopic (exact) mass is 233 g/mol. The molecule has 1 amide bonds. The zero-order valence-electron chi connectivity index (χ0n) is 10.2. The molecule has 1 saturated carbocycles. The van der Waals surface area contributed by atoms with Crippen molar-refractivity contribution in [3.63, 3.8) is 0 Å². The highest BCUT2D eigenvalue weighted by Gasteiger charge is 2.40. The fraction of sp³-hybridized carbons (Fsp3) is 0.538. The van der Waals surface area contributed by atoms with Crippen molar-refractivity contribution in [1.29, 1.82) is 0 Å². The summed E-state index contributed by atoms with van der Waals surface area (Å²) in [6.07, 6.45) is 5.54. The third kappa shape index (κ3) is 3.19. The lowest BCUT2D eigenvalue weighted by molar-refractivity contribution is -0.120. The third-order valence-electron chi connectivity index (χ3n) is 3.56. The van der Waals surface area contributed by atoms with Crippen molar-refractivity contribution in [1.82, 2.24) is 10.3 Å². The zero-order valence-corrected chi connectivity index (χ0v) is 10.2. The summed E-state index contributed by atoms with van der Waals surface area (Å²) in [6, 6.07) is 3.56. The number of rotatable bonds is 5. The van der Waals surface area contributed by atoms with Gasteiger partial charge in [-0.15, -0.1) is 0 Å². The van der Waals surface area contributed by atoms with Gasteiger partial charge in [0.1, 0.15) is 0 Å². The normalized spacial score (nSPS) is 16.5. The van der Waals surface area contributed by atoms with Gasteiger partial charge in [-0.3, -0.25) is 9.78 Å². The third-order valence-corrected chi connectivity index (χ3v) is 3.56. The summed E-state index contributed by atoms with van der Waals surface area (Å²) in [5, 5.41) is 2.99. The molecule has 0 spiro atoms. The first-order valence-corrected chi connectivity index (χ1v) is 6.11. The van der Waals surface area contributed by atoms with Crippen LogP contribution in [0, 0.1) is 5.41 Å². The number of nitrogens with zero attached hydrogens (tertiary/aromatic N) is 1. The molecule has 4 nitrogen and oxygen atoms in total. The summed E-state index contributed by atoms with van der Waals surface area (Å²) in [5.41, 5.74) is 7.31. The van der Waals surface area contributed by atoms with Crippen LogP contribution in [0.15, 0.2) is 18.3 Å². The Morgan fingerprint density at radius 1 is 1.53 bits per heavy atom. The number of pyridine rings is 1. The Bertz CT molecular complexity index is 396. The maximum atomic E-state index is 11.7. The number of hydrogen-bond acceptors (Lipinski definition) is 3. The van der Waals surface area contributed by atoms with E-state index in [0.29, 0.717) is 17.5 Å². The van der Waals surface area contributed by atoms with Gasteiger partial charge in [0.2, 0.25) is 5.91 Å². The Labute approximate surface area is 102 Å². The lowest BCUT2D eigenvalue weighted by Crippen LogP contribution is -2.31. The number of carbonyl (C=O) groups is 1. The first kappa shape index (κ1) is 11.9. The second kappa shape index (κ2) is 4.73. The maximum absolute atomic E-state index is 11.7. The Balaban J connectivity index is 1.79. The highest BCUT2D eigenvalue weighted by Crippen LogP contribution is 2.47. The number of carbonyl (C=O) groups excluding carboxylic acids is 1. The highest BCUT2D eigenvalue weighted by molar-refractivity contribution is 5.78. The standard InChI is InChI=1S/C13H19N3O/c1-2-13(5-6-13)9-16-12(17)7-11-4-3-10(14)8-15-11/h3-4,8H,2,5-7,9,14H2,1H3,(H,16,17). The molecule has 0 aliphatic heterocycles. The van der Waals surface area contributed by atoms with Crippen LogP contribution < -0.4 is 11.1 Å². The van der Waals surface area contributed by atoms with Gasteiger partial charge in [-0.05, 0) is 36.8 Å². The summed E-state index contributed by atoms with van der Waals surface area (Å²) < 4.78 is 0. The van der Waals surface area contributed by atoms with Crippen LogP contribution in [0.1, 0.15) is 31.9 Å². The first-order valence-electron chi connectivity index (χ1n) is 6.11. The number of nitrogen functional groups attached to an aromatic ring is 1. The van der Waals surface area contributed by atoms with Gasteiger partial charge in [-0.25, -0.2) is 0 Å². The second-order valence-electron chi connectivity index (χ2n) is 4.89. The van der Waals surface area contributed by atoms with Crippen LogP contribution in [-0.4, -0.2) is 17.4 Å². The van der Waals surface area contributed by atoms with Gasteiger partial charge in [0, 0.05) is 12.2 Å². The molecule has 0 atom stereocenters. The molecule has 0 saturated heterocycles. The highest BCUT2D eigenvalue weighted by atomic mass is 16.1. The van der Waals surface area contributed by atoms with Crippen molar-refractivity contribution in [2.75, 3.05) is 12.3 Å². The average molecular weight is 233 g/mol. The van der Waals surface area contributed by atoms with E-state index >= 15 is 0 Å². The average Bonchev–Trinajstić information content (AvgIpc) is 3.10. The van der Waals surface area contributed by atoms with E-state index in [9.17, 15) is 4.79 Å². The van der Waals surface area contributed by atoms with Crippen LogP contribution in [0.25, 0.3) is 0 Å². The van der Waals surface area contributed by atoms with E-state index in [4.69, 9.17) is 5.73 Å². The molecule has 1 aromatic rings. The molecule has 1 aromatic heterocycles. The molecule has 4 heteroatoms. The Morgan fingerprint density at radius 2 is 2.29 bits per heavy atom. The number of nitrogens with two attached hydrogens (primary N) is 1. The van der Waals surface area contributed by atoms with E-state index < -0.39 is 0 Å². The minimum absolute atomic E-state index is 0.0435. The van der Waals surface area contributed by atoms with Crippen LogP contribution >= 0.6 is 0 Å². The summed E-state index contributed by atoms with van der Waals surface area (Å²) in [7, 11) is 0. The summed E-state index contributed by atoms with van der Waals surface area (Å²) in [6.45, 7) is 2.98. The van der Waals surface area contributed by atoms with Crippen molar-refractivity contribution in [2.24, 2.45) is 5.41 Å². The van der Waals surface area contributed by atoms with E-state index in [1.807, 2.05) is 0 Å². The Morgan fingerprint density at radius 3 is 2.82 bits per heavy atom. The predicted octanol–water partition coefficient (Wildman–Crippen LogP) is 1.51. The molecule has 1 aliphatic carbocycles. The van der Waals surface area contributed by atoms with Crippen molar-refractivity contribution in [3.05, 3.63) is 24.0 Å². The quantitative estimate of drug-likeness (QED) is 0.810. The summed E-state index contributed by atoms with van der Waals surface area (Å²) in [4.78, 5) is 15.8. The number of hydrogen-bond donors (Lipinski definition) is 2. The fourth-order valence-electron chi connectivity index (χ4n) is 1.89. The van der Waals surface area contributed by atoms with Gasteiger partial charge in [0.05, 0.1) is 18.3 Å². The minimum atomic E-state index is 0.0435. The number of amides is 1. The van der Waals surface area contributed by atoms with Crippen LogP contribution in [0.2, 0.25) is 0 Å². The molecule has 2 rings (SSSR count). The second-order valence-corrected chi connectivity index (χ2v) is 4.89. The van der Waals surface area contributed by atoms with E-state index in [0.717, 1.165) is 18.7 Å². The largest absolute Gasteiger partial charge is 0.397 e. The Kier molecular flexibility index (Phi) is 3.31. The zero-order chi connectivity index (χ0) is 12.3. The Hall–Kier alpha value is -1.58. The van der Waals surface area contributed by atoms with E-state index in [-0.39, 0.29) is 5.91 Å². The van der Waals surface area contributed by atoms with Crippen LogP contribution in [0.4, 0.5) is 5.69 Å². The van der Waals surface area contributed by atoms with Crippen LogP contribution in [0.5, 0.6) is 0 Å². The maximum Gasteiger partial charge on any atom is 0.226 e. The van der Waals surface area contributed by atoms with Crippen molar-refractivity contribution >= 4 is 11.6 Å². The molecule has 1 fully saturated rings. The van der Waals surface area contributed by atoms with Crippen molar-refractivity contribution < 1.29 is 4.79 Å². The van der Waals surface area contributed by atoms with Gasteiger partial charge >= 0.3 is 0 Å². The van der Waals surface area contributed by atoms with Gasteiger partial charge in [-0.2, -0.15) is 0 Å². The number of anilines is 1. The lowest BCUT2D eigenvalue weighted by Gasteiger charge is -2.13. The molecule has 1 aliphatic rings. The number of aromatic nitrogens is 1. The van der Waals surface area contributed by atoms with E-state index in [1.165, 1.54) is 12.8 Å². The van der Waals surface area contributed by atoms with Gasteiger partial charge < -0.3 is 11.1 Å². The van der Waals surface area contributed by atoms with Gasteiger partial charge in [0.15, 0.2) is 0 Å². The van der Waals surface area contributed by atoms with Gasteiger partial charge in [0.25, 0.3) is 0 Å². The van der Waals surface area contributed by atoms with Crippen molar-refractivity contribution in [3.8, 4) is 0 Å². The van der Waals surface area contributed by atoms with Crippen LogP contribution in [0.3, 0.4) is 0 Å². The smallest absolute Gasteiger partial charge is 0.226 e. The molecule has 0 aromatic carbocycles. The SMILES string of the molecule is CCC1(CNC(=O)Cc2ccc(N)cn2)CC1.